The number of aliphatic hydroxyl groups is 2. The molecular formula is C19H29NO2. The number of nitrogens with two attached hydrogens (primary N) is 1. The third-order valence-electron chi connectivity index (χ3n) is 7.94. The minimum atomic E-state index is -0.329. The van der Waals surface area contributed by atoms with Gasteiger partial charge in [0, 0.05) is 6.04 Å². The molecule has 8 atom stereocenters. The van der Waals surface area contributed by atoms with Crippen molar-refractivity contribution in [2.75, 3.05) is 0 Å². The topological polar surface area (TPSA) is 66.5 Å². The number of aliphatic hydroxyl groups excluding tert-OH is 2. The summed E-state index contributed by atoms with van der Waals surface area (Å²) >= 11 is 0. The van der Waals surface area contributed by atoms with Gasteiger partial charge in [-0.1, -0.05) is 19.9 Å². The molecule has 4 aliphatic carbocycles. The van der Waals surface area contributed by atoms with E-state index in [9.17, 15) is 10.2 Å². The van der Waals surface area contributed by atoms with E-state index in [1.54, 1.807) is 0 Å². The molecule has 0 aromatic rings. The van der Waals surface area contributed by atoms with Crippen LogP contribution < -0.4 is 5.73 Å². The van der Waals surface area contributed by atoms with Gasteiger partial charge in [0.1, 0.15) is 5.76 Å². The molecule has 4 aliphatic rings. The van der Waals surface area contributed by atoms with Crippen LogP contribution in [0.15, 0.2) is 24.0 Å². The Bertz CT molecular complexity index is 542. The molecule has 0 aromatic heterocycles. The normalized spacial score (nSPS) is 56.8. The molecule has 0 radical (unpaired) electrons. The monoisotopic (exact) mass is 303 g/mol. The fraction of sp³-hybridized carbons (Fsp3) is 0.789. The number of rotatable bonds is 0. The van der Waals surface area contributed by atoms with Crippen LogP contribution >= 0.6 is 0 Å². The van der Waals surface area contributed by atoms with Crippen molar-refractivity contribution in [1.82, 2.24) is 0 Å². The summed E-state index contributed by atoms with van der Waals surface area (Å²) in [6, 6.07) is -0.0604. The summed E-state index contributed by atoms with van der Waals surface area (Å²) < 4.78 is 0. The highest BCUT2D eigenvalue weighted by Gasteiger charge is 2.60. The van der Waals surface area contributed by atoms with E-state index in [2.05, 4.69) is 26.0 Å². The van der Waals surface area contributed by atoms with Crippen LogP contribution in [0.25, 0.3) is 0 Å². The maximum atomic E-state index is 10.3. The van der Waals surface area contributed by atoms with Crippen molar-refractivity contribution in [3.8, 4) is 0 Å². The van der Waals surface area contributed by atoms with Crippen molar-refractivity contribution in [3.63, 3.8) is 0 Å². The molecule has 0 heterocycles. The summed E-state index contributed by atoms with van der Waals surface area (Å²) in [6.45, 7) is 4.69. The summed E-state index contributed by atoms with van der Waals surface area (Å²) in [5.74, 6) is 2.77. The molecule has 4 N–H and O–H groups in total. The third-order valence-corrected chi connectivity index (χ3v) is 7.94. The van der Waals surface area contributed by atoms with E-state index in [4.69, 9.17) is 5.73 Å². The molecule has 0 aliphatic heterocycles. The smallest absolute Gasteiger partial charge is 0.111 e. The van der Waals surface area contributed by atoms with Crippen LogP contribution in [-0.4, -0.2) is 22.4 Å². The molecule has 3 nitrogen and oxygen atoms in total. The van der Waals surface area contributed by atoms with E-state index in [-0.39, 0.29) is 23.0 Å². The van der Waals surface area contributed by atoms with Crippen molar-refractivity contribution >= 4 is 0 Å². The average molecular weight is 303 g/mol. The first kappa shape index (κ1) is 14.8. The average Bonchev–Trinajstić information content (AvgIpc) is 2.72. The van der Waals surface area contributed by atoms with Gasteiger partial charge in [0.2, 0.25) is 0 Å². The summed E-state index contributed by atoms with van der Waals surface area (Å²) in [7, 11) is 0. The zero-order valence-corrected chi connectivity index (χ0v) is 13.7. The Kier molecular flexibility index (Phi) is 3.09. The van der Waals surface area contributed by atoms with E-state index in [0.29, 0.717) is 29.4 Å². The van der Waals surface area contributed by atoms with E-state index in [1.807, 2.05) is 6.08 Å². The van der Waals surface area contributed by atoms with Gasteiger partial charge >= 0.3 is 0 Å². The Labute approximate surface area is 133 Å². The molecule has 122 valence electrons. The third kappa shape index (κ3) is 1.75. The lowest BCUT2D eigenvalue weighted by molar-refractivity contribution is -0.0587. The molecule has 3 fully saturated rings. The molecule has 0 unspecified atom stereocenters. The molecule has 3 heteroatoms. The predicted octanol–water partition coefficient (Wildman–Crippen LogP) is 3.16. The first-order valence-electron chi connectivity index (χ1n) is 8.90. The van der Waals surface area contributed by atoms with Crippen LogP contribution in [0.5, 0.6) is 0 Å². The molecule has 0 aromatic carbocycles. The molecule has 0 saturated heterocycles. The van der Waals surface area contributed by atoms with Crippen LogP contribution in [-0.2, 0) is 0 Å². The standard InChI is InChI=1S/C19H29NO2/c1-18-7-5-12(21)9-11(18)3-4-13-14(18)6-8-19(2)15(13)10-16(22)17(19)20/h5,7,9,11,13-17,21-22H,3-4,6,8,10,20H2,1-2H3/t11-,13-,14+,15+,16-,17-,18+,19+/m1/s1. The van der Waals surface area contributed by atoms with Gasteiger partial charge in [-0.25, -0.2) is 0 Å². The second-order valence-electron chi connectivity index (χ2n) is 8.72. The van der Waals surface area contributed by atoms with Crippen molar-refractivity contribution in [2.45, 2.75) is 58.1 Å². The van der Waals surface area contributed by atoms with E-state index >= 15 is 0 Å². The first-order valence-corrected chi connectivity index (χ1v) is 8.90. The fourth-order valence-electron chi connectivity index (χ4n) is 6.51. The first-order chi connectivity index (χ1) is 10.4. The fourth-order valence-corrected chi connectivity index (χ4v) is 6.51. The van der Waals surface area contributed by atoms with Crippen molar-refractivity contribution in [3.05, 3.63) is 24.0 Å². The molecule has 22 heavy (non-hydrogen) atoms. The van der Waals surface area contributed by atoms with Gasteiger partial charge in [-0.15, -0.1) is 0 Å². The van der Waals surface area contributed by atoms with Crippen LogP contribution in [0.2, 0.25) is 0 Å². The predicted molar refractivity (Wildman–Crippen MR) is 87.1 cm³/mol. The molecule has 4 rings (SSSR count). The zero-order valence-electron chi connectivity index (χ0n) is 13.7. The molecule has 0 bridgehead atoms. The van der Waals surface area contributed by atoms with E-state index in [0.717, 1.165) is 19.3 Å². The van der Waals surface area contributed by atoms with Gasteiger partial charge in [0.15, 0.2) is 0 Å². The van der Waals surface area contributed by atoms with Crippen molar-refractivity contribution in [2.24, 2.45) is 40.2 Å². The maximum Gasteiger partial charge on any atom is 0.111 e. The van der Waals surface area contributed by atoms with Crippen LogP contribution in [0.1, 0.15) is 46.0 Å². The summed E-state index contributed by atoms with van der Waals surface area (Å²) in [5.41, 5.74) is 6.64. The second-order valence-corrected chi connectivity index (χ2v) is 8.72. The molecule has 0 spiro atoms. The minimum Gasteiger partial charge on any atom is -0.508 e. The van der Waals surface area contributed by atoms with E-state index in [1.165, 1.54) is 12.8 Å². The maximum absolute atomic E-state index is 10.3. The Balaban J connectivity index is 1.68. The number of fused-ring (bicyclic) bond motifs is 5. The van der Waals surface area contributed by atoms with Crippen LogP contribution in [0, 0.1) is 34.5 Å². The quantitative estimate of drug-likeness (QED) is 0.644. The lowest BCUT2D eigenvalue weighted by Crippen LogP contribution is -2.53. The Hall–Kier alpha value is -0.800. The van der Waals surface area contributed by atoms with Gasteiger partial charge in [0.05, 0.1) is 6.10 Å². The van der Waals surface area contributed by atoms with Crippen LogP contribution in [0.3, 0.4) is 0 Å². The Morgan fingerprint density at radius 3 is 2.73 bits per heavy atom. The zero-order chi connectivity index (χ0) is 15.7. The summed E-state index contributed by atoms with van der Waals surface area (Å²) in [4.78, 5) is 0. The van der Waals surface area contributed by atoms with Crippen LogP contribution in [0.4, 0.5) is 0 Å². The largest absolute Gasteiger partial charge is 0.508 e. The number of allylic oxidation sites excluding steroid dienone is 3. The van der Waals surface area contributed by atoms with Gasteiger partial charge in [0.25, 0.3) is 0 Å². The van der Waals surface area contributed by atoms with E-state index < -0.39 is 0 Å². The highest BCUT2D eigenvalue weighted by molar-refractivity contribution is 5.27. The van der Waals surface area contributed by atoms with Crippen molar-refractivity contribution in [1.29, 1.82) is 0 Å². The minimum absolute atomic E-state index is 0.0604. The Morgan fingerprint density at radius 1 is 1.18 bits per heavy atom. The highest BCUT2D eigenvalue weighted by Crippen LogP contribution is 2.64. The van der Waals surface area contributed by atoms with Crippen molar-refractivity contribution < 1.29 is 10.2 Å². The summed E-state index contributed by atoms with van der Waals surface area (Å²) in [6.07, 6.45) is 11.5. The molecular weight excluding hydrogens is 274 g/mol. The Morgan fingerprint density at radius 2 is 1.95 bits per heavy atom. The number of hydrogen-bond acceptors (Lipinski definition) is 3. The van der Waals surface area contributed by atoms with Gasteiger partial charge in [-0.05, 0) is 78.8 Å². The van der Waals surface area contributed by atoms with Gasteiger partial charge in [-0.2, -0.15) is 0 Å². The van der Waals surface area contributed by atoms with Gasteiger partial charge in [-0.3, -0.25) is 0 Å². The molecule has 0 amide bonds. The lowest BCUT2D eigenvalue weighted by atomic mass is 9.47. The highest BCUT2D eigenvalue weighted by atomic mass is 16.3. The molecule has 3 saturated carbocycles. The lowest BCUT2D eigenvalue weighted by Gasteiger charge is -2.58. The van der Waals surface area contributed by atoms with Gasteiger partial charge < -0.3 is 15.9 Å². The number of hydrogen-bond donors (Lipinski definition) is 3. The SMILES string of the molecule is C[C@]12C=CC(O)=C[C@H]1CC[C@@H]1[C@@H]2CC[C@]2(C)[C@H](N)[C@H](O)C[C@@H]12. The summed E-state index contributed by atoms with van der Waals surface area (Å²) in [5, 5.41) is 20.2. The second kappa shape index (κ2) is 4.61.